The summed E-state index contributed by atoms with van der Waals surface area (Å²) in [5, 5.41) is 11.3. The first-order valence-electron chi connectivity index (χ1n) is 7.77. The van der Waals surface area contributed by atoms with Crippen molar-refractivity contribution in [3.8, 4) is 0 Å². The van der Waals surface area contributed by atoms with Gasteiger partial charge in [0.2, 0.25) is 0 Å². The highest BCUT2D eigenvalue weighted by molar-refractivity contribution is 7.09. The third-order valence-corrected chi connectivity index (χ3v) is 4.97. The molecule has 1 atom stereocenters. The molecule has 0 saturated heterocycles. The highest BCUT2D eigenvalue weighted by atomic mass is 32.1. The summed E-state index contributed by atoms with van der Waals surface area (Å²) < 4.78 is 1.94. The maximum Gasteiger partial charge on any atom is 0.191 e. The second-order valence-electron chi connectivity index (χ2n) is 5.81. The normalized spacial score (nSPS) is 13.2. The molecule has 2 aromatic rings. The Hall–Kier alpha value is -1.89. The number of nitrogens with one attached hydrogen (secondary N) is 2. The van der Waals surface area contributed by atoms with Gasteiger partial charge in [-0.25, -0.2) is 4.98 Å². The minimum absolute atomic E-state index is 0.269. The van der Waals surface area contributed by atoms with Crippen LogP contribution >= 0.6 is 11.3 Å². The SMILES string of the molecule is CN=C(NCc1scnc1C)NC(C)Cc1c(C)nn(C)c1C. The van der Waals surface area contributed by atoms with E-state index in [1.54, 1.807) is 18.4 Å². The highest BCUT2D eigenvalue weighted by Gasteiger charge is 2.14. The zero-order valence-electron chi connectivity index (χ0n) is 14.8. The van der Waals surface area contributed by atoms with E-state index in [0.717, 1.165) is 30.3 Å². The smallest absolute Gasteiger partial charge is 0.191 e. The van der Waals surface area contributed by atoms with Gasteiger partial charge in [0.1, 0.15) is 0 Å². The second kappa shape index (κ2) is 7.59. The summed E-state index contributed by atoms with van der Waals surface area (Å²) in [7, 11) is 3.78. The highest BCUT2D eigenvalue weighted by Crippen LogP contribution is 2.14. The summed E-state index contributed by atoms with van der Waals surface area (Å²) in [6, 6.07) is 0.269. The van der Waals surface area contributed by atoms with Gasteiger partial charge in [0.15, 0.2) is 5.96 Å². The monoisotopic (exact) mass is 334 g/mol. The Morgan fingerprint density at radius 3 is 2.61 bits per heavy atom. The van der Waals surface area contributed by atoms with Crippen LogP contribution in [0.15, 0.2) is 10.5 Å². The minimum atomic E-state index is 0.269. The molecule has 0 amide bonds. The molecule has 0 aromatic carbocycles. The summed E-state index contributed by atoms with van der Waals surface area (Å²) in [6.45, 7) is 9.11. The van der Waals surface area contributed by atoms with Gasteiger partial charge >= 0.3 is 0 Å². The first-order chi connectivity index (χ1) is 10.9. The van der Waals surface area contributed by atoms with Crippen LogP contribution in [0.2, 0.25) is 0 Å². The molecule has 126 valence electrons. The van der Waals surface area contributed by atoms with Crippen molar-refractivity contribution >= 4 is 17.3 Å². The summed E-state index contributed by atoms with van der Waals surface area (Å²) in [6.07, 6.45) is 0.922. The van der Waals surface area contributed by atoms with Crippen molar-refractivity contribution in [1.29, 1.82) is 0 Å². The number of thiazole rings is 1. The molecule has 2 aromatic heterocycles. The lowest BCUT2D eigenvalue weighted by Crippen LogP contribution is -2.42. The standard InChI is InChI=1S/C16H26N6S/c1-10(7-14-11(2)21-22(6)13(14)4)20-16(17-5)18-8-15-12(3)19-9-23-15/h9-10H,7-8H2,1-6H3,(H2,17,18,20). The van der Waals surface area contributed by atoms with Crippen molar-refractivity contribution in [3.05, 3.63) is 33.0 Å². The van der Waals surface area contributed by atoms with Crippen LogP contribution in [-0.4, -0.2) is 33.8 Å². The molecule has 0 aliphatic rings. The number of aliphatic imine (C=N–C) groups is 1. The largest absolute Gasteiger partial charge is 0.354 e. The Morgan fingerprint density at radius 1 is 1.35 bits per heavy atom. The van der Waals surface area contributed by atoms with Crippen molar-refractivity contribution in [2.24, 2.45) is 12.0 Å². The predicted octanol–water partition coefficient (Wildman–Crippen LogP) is 2.10. The molecule has 6 nitrogen and oxygen atoms in total. The van der Waals surface area contributed by atoms with Crippen molar-refractivity contribution in [2.45, 2.75) is 46.7 Å². The van der Waals surface area contributed by atoms with E-state index in [9.17, 15) is 0 Å². The van der Waals surface area contributed by atoms with Crippen LogP contribution in [0.1, 0.15) is 34.4 Å². The average molecular weight is 334 g/mol. The maximum atomic E-state index is 4.48. The van der Waals surface area contributed by atoms with Crippen LogP contribution in [-0.2, 0) is 20.0 Å². The number of aryl methyl sites for hydroxylation is 3. The molecule has 0 radical (unpaired) electrons. The number of aromatic nitrogens is 3. The van der Waals surface area contributed by atoms with E-state index >= 15 is 0 Å². The first-order valence-corrected chi connectivity index (χ1v) is 8.65. The molecule has 7 heteroatoms. The van der Waals surface area contributed by atoms with E-state index in [1.807, 2.05) is 24.2 Å². The van der Waals surface area contributed by atoms with E-state index in [2.05, 4.69) is 46.5 Å². The lowest BCUT2D eigenvalue weighted by molar-refractivity contribution is 0.635. The van der Waals surface area contributed by atoms with Gasteiger partial charge in [-0.05, 0) is 39.7 Å². The summed E-state index contributed by atoms with van der Waals surface area (Å²) >= 11 is 1.66. The third kappa shape index (κ3) is 4.31. The Bertz CT molecular complexity index is 685. The van der Waals surface area contributed by atoms with Gasteiger partial charge in [0, 0.05) is 30.7 Å². The van der Waals surface area contributed by atoms with Crippen LogP contribution in [0, 0.1) is 20.8 Å². The van der Waals surface area contributed by atoms with Crippen molar-refractivity contribution in [3.63, 3.8) is 0 Å². The molecular weight excluding hydrogens is 308 g/mol. The molecule has 23 heavy (non-hydrogen) atoms. The van der Waals surface area contributed by atoms with E-state index < -0.39 is 0 Å². The number of nitrogens with zero attached hydrogens (tertiary/aromatic N) is 4. The summed E-state index contributed by atoms with van der Waals surface area (Å²) in [5.74, 6) is 0.810. The fourth-order valence-electron chi connectivity index (χ4n) is 2.56. The minimum Gasteiger partial charge on any atom is -0.354 e. The van der Waals surface area contributed by atoms with Crippen LogP contribution < -0.4 is 10.6 Å². The fourth-order valence-corrected chi connectivity index (χ4v) is 3.27. The molecule has 0 aliphatic carbocycles. The fraction of sp³-hybridized carbons (Fsp3) is 0.562. The maximum absolute atomic E-state index is 4.48. The third-order valence-electron chi connectivity index (χ3n) is 4.04. The molecule has 0 bridgehead atoms. The number of hydrogen-bond acceptors (Lipinski definition) is 4. The molecule has 2 N–H and O–H groups in total. The molecule has 0 spiro atoms. The summed E-state index contributed by atoms with van der Waals surface area (Å²) in [4.78, 5) is 9.81. The second-order valence-corrected chi connectivity index (χ2v) is 6.75. The van der Waals surface area contributed by atoms with E-state index in [4.69, 9.17) is 0 Å². The van der Waals surface area contributed by atoms with Gasteiger partial charge in [0.25, 0.3) is 0 Å². The van der Waals surface area contributed by atoms with E-state index in [1.165, 1.54) is 16.1 Å². The molecule has 1 unspecified atom stereocenters. The Balaban J connectivity index is 1.92. The molecule has 0 fully saturated rings. The quantitative estimate of drug-likeness (QED) is 0.649. The molecule has 0 saturated carbocycles. The Labute approximate surface area is 142 Å². The number of guanidine groups is 1. The Kier molecular flexibility index (Phi) is 5.76. The van der Waals surface area contributed by atoms with Crippen molar-refractivity contribution in [2.75, 3.05) is 7.05 Å². The summed E-state index contributed by atoms with van der Waals surface area (Å²) in [5.41, 5.74) is 6.58. The molecule has 2 heterocycles. The first kappa shape index (κ1) is 17.5. The van der Waals surface area contributed by atoms with Gasteiger partial charge in [-0.1, -0.05) is 0 Å². The lowest BCUT2D eigenvalue weighted by Gasteiger charge is -2.18. The van der Waals surface area contributed by atoms with Gasteiger partial charge in [0.05, 0.1) is 23.4 Å². The molecular formula is C16H26N6S. The van der Waals surface area contributed by atoms with Crippen LogP contribution in [0.5, 0.6) is 0 Å². The predicted molar refractivity (Wildman–Crippen MR) is 96.0 cm³/mol. The number of rotatable bonds is 5. The Morgan fingerprint density at radius 2 is 2.09 bits per heavy atom. The van der Waals surface area contributed by atoms with Gasteiger partial charge < -0.3 is 10.6 Å². The topological polar surface area (TPSA) is 67.1 Å². The van der Waals surface area contributed by atoms with Gasteiger partial charge in [-0.3, -0.25) is 9.67 Å². The van der Waals surface area contributed by atoms with Crippen LogP contribution in [0.25, 0.3) is 0 Å². The molecule has 0 aliphatic heterocycles. The van der Waals surface area contributed by atoms with E-state index in [0.29, 0.717) is 0 Å². The van der Waals surface area contributed by atoms with E-state index in [-0.39, 0.29) is 6.04 Å². The van der Waals surface area contributed by atoms with Crippen LogP contribution in [0.4, 0.5) is 0 Å². The van der Waals surface area contributed by atoms with Crippen LogP contribution in [0.3, 0.4) is 0 Å². The van der Waals surface area contributed by atoms with Crippen molar-refractivity contribution in [1.82, 2.24) is 25.4 Å². The zero-order chi connectivity index (χ0) is 17.0. The number of hydrogen-bond donors (Lipinski definition) is 2. The zero-order valence-corrected chi connectivity index (χ0v) is 15.6. The average Bonchev–Trinajstić information content (AvgIpc) is 3.02. The van der Waals surface area contributed by atoms with Gasteiger partial charge in [-0.2, -0.15) is 5.10 Å². The lowest BCUT2D eigenvalue weighted by atomic mass is 10.1. The molecule has 2 rings (SSSR count). The van der Waals surface area contributed by atoms with Crippen molar-refractivity contribution < 1.29 is 0 Å². The van der Waals surface area contributed by atoms with Gasteiger partial charge in [-0.15, -0.1) is 11.3 Å².